The number of piperidine rings is 1. The van der Waals surface area contributed by atoms with E-state index in [2.05, 4.69) is 5.32 Å². The van der Waals surface area contributed by atoms with Crippen molar-refractivity contribution in [2.45, 2.75) is 24.8 Å². The maximum Gasteiger partial charge on any atom is 0.417 e. The summed E-state index contributed by atoms with van der Waals surface area (Å²) in [5, 5.41) is 1.95. The van der Waals surface area contributed by atoms with E-state index in [-0.39, 0.29) is 42.2 Å². The van der Waals surface area contributed by atoms with Crippen LogP contribution >= 0.6 is 23.2 Å². The van der Waals surface area contributed by atoms with Crippen LogP contribution in [0.1, 0.15) is 24.0 Å². The number of anilines is 1. The van der Waals surface area contributed by atoms with E-state index in [0.717, 1.165) is 22.5 Å². The second-order valence-electron chi connectivity index (χ2n) is 7.31. The zero-order valence-electron chi connectivity index (χ0n) is 16.4. The van der Waals surface area contributed by atoms with E-state index in [1.54, 1.807) is 0 Å². The van der Waals surface area contributed by atoms with Crippen LogP contribution in [0, 0.1) is 11.7 Å². The van der Waals surface area contributed by atoms with Gasteiger partial charge in [0.1, 0.15) is 5.82 Å². The number of carbonyl (C=O) groups is 1. The van der Waals surface area contributed by atoms with Crippen LogP contribution in [0.3, 0.4) is 0 Å². The average Bonchev–Trinajstić information content (AvgIpc) is 2.71. The van der Waals surface area contributed by atoms with Gasteiger partial charge in [0.2, 0.25) is 15.9 Å². The molecule has 0 bridgehead atoms. The molecule has 1 aliphatic heterocycles. The second kappa shape index (κ2) is 9.54. The summed E-state index contributed by atoms with van der Waals surface area (Å²) in [5.41, 5.74) is -1.25. The number of nitrogens with one attached hydrogen (secondary N) is 1. The summed E-state index contributed by atoms with van der Waals surface area (Å²) in [6, 6.07) is 6.94. The van der Waals surface area contributed by atoms with E-state index < -0.39 is 50.2 Å². The molecule has 0 atom stereocenters. The Labute approximate surface area is 192 Å². The fraction of sp³-hybridized carbons (Fsp3) is 0.350. The summed E-state index contributed by atoms with van der Waals surface area (Å²) < 4.78 is 79.4. The summed E-state index contributed by atoms with van der Waals surface area (Å²) in [6.45, 7) is 0.0296. The summed E-state index contributed by atoms with van der Waals surface area (Å²) in [7, 11) is -3.88. The lowest BCUT2D eigenvalue weighted by Gasteiger charge is -2.30. The SMILES string of the molecule is O=C(Nc1ccc(Cl)c(C(F)(F)F)c1)C1CCN(S(=O)(=O)Cc2c(F)cccc2Cl)CC1. The number of sulfonamides is 1. The van der Waals surface area contributed by atoms with Crippen molar-refractivity contribution in [3.05, 3.63) is 63.4 Å². The molecular formula is C20H18Cl2F4N2O3S. The smallest absolute Gasteiger partial charge is 0.326 e. The molecule has 0 spiro atoms. The van der Waals surface area contributed by atoms with Gasteiger partial charge in [-0.25, -0.2) is 17.1 Å². The lowest BCUT2D eigenvalue weighted by atomic mass is 9.97. The number of halogens is 6. The van der Waals surface area contributed by atoms with Gasteiger partial charge in [0.25, 0.3) is 0 Å². The number of carbonyl (C=O) groups excluding carboxylic acids is 1. The van der Waals surface area contributed by atoms with Gasteiger partial charge in [-0.15, -0.1) is 0 Å². The fourth-order valence-electron chi connectivity index (χ4n) is 3.40. The minimum absolute atomic E-state index is 0.00373. The molecule has 12 heteroatoms. The Morgan fingerprint density at radius 3 is 2.34 bits per heavy atom. The van der Waals surface area contributed by atoms with Gasteiger partial charge in [0.15, 0.2) is 0 Å². The minimum atomic E-state index is -4.67. The maximum absolute atomic E-state index is 14.0. The highest BCUT2D eigenvalue weighted by Gasteiger charge is 2.35. The zero-order chi connectivity index (χ0) is 23.7. The highest BCUT2D eigenvalue weighted by atomic mass is 35.5. The number of nitrogens with zero attached hydrogens (tertiary/aromatic N) is 1. The number of rotatable bonds is 5. The van der Waals surface area contributed by atoms with Gasteiger partial charge in [-0.3, -0.25) is 4.79 Å². The number of amides is 1. The molecule has 0 unspecified atom stereocenters. The van der Waals surface area contributed by atoms with Crippen molar-refractivity contribution in [1.82, 2.24) is 4.31 Å². The first kappa shape index (κ1) is 24.8. The van der Waals surface area contributed by atoms with Crippen LogP contribution < -0.4 is 5.32 Å². The average molecular weight is 513 g/mol. The first-order valence-corrected chi connectivity index (χ1v) is 11.8. The fourth-order valence-corrected chi connectivity index (χ4v) is 5.55. The van der Waals surface area contributed by atoms with Crippen LogP contribution in [0.5, 0.6) is 0 Å². The van der Waals surface area contributed by atoms with Crippen molar-refractivity contribution in [2.75, 3.05) is 18.4 Å². The summed E-state index contributed by atoms with van der Waals surface area (Å²) in [5.74, 6) is -2.45. The third-order valence-corrected chi connectivity index (χ3v) is 7.63. The molecule has 174 valence electrons. The van der Waals surface area contributed by atoms with Crippen molar-refractivity contribution in [2.24, 2.45) is 5.92 Å². The van der Waals surface area contributed by atoms with Crippen LogP contribution in [0.25, 0.3) is 0 Å². The largest absolute Gasteiger partial charge is 0.417 e. The van der Waals surface area contributed by atoms with Crippen molar-refractivity contribution in [1.29, 1.82) is 0 Å². The van der Waals surface area contributed by atoms with Gasteiger partial charge in [0, 0.05) is 35.3 Å². The van der Waals surface area contributed by atoms with Crippen molar-refractivity contribution in [3.63, 3.8) is 0 Å². The maximum atomic E-state index is 14.0. The Morgan fingerprint density at radius 1 is 1.09 bits per heavy atom. The molecule has 32 heavy (non-hydrogen) atoms. The normalized spacial score (nSPS) is 16.2. The number of benzene rings is 2. The molecule has 1 fully saturated rings. The molecule has 1 amide bonds. The number of hydrogen-bond donors (Lipinski definition) is 1. The van der Waals surface area contributed by atoms with Crippen LogP contribution in [-0.2, 0) is 26.7 Å². The Morgan fingerprint density at radius 2 is 1.75 bits per heavy atom. The number of hydrogen-bond acceptors (Lipinski definition) is 3. The van der Waals surface area contributed by atoms with Crippen molar-refractivity contribution in [3.8, 4) is 0 Å². The molecule has 2 aromatic rings. The molecule has 0 aliphatic carbocycles. The van der Waals surface area contributed by atoms with E-state index in [1.807, 2.05) is 0 Å². The molecule has 0 saturated carbocycles. The molecule has 0 aromatic heterocycles. The Bertz CT molecular complexity index is 1100. The van der Waals surface area contributed by atoms with Gasteiger partial charge in [-0.1, -0.05) is 29.3 Å². The van der Waals surface area contributed by atoms with E-state index in [0.29, 0.717) is 0 Å². The van der Waals surface area contributed by atoms with E-state index in [1.165, 1.54) is 18.2 Å². The van der Waals surface area contributed by atoms with Gasteiger partial charge in [0.05, 0.1) is 16.3 Å². The Balaban J connectivity index is 1.62. The molecular weight excluding hydrogens is 495 g/mol. The van der Waals surface area contributed by atoms with E-state index in [9.17, 15) is 30.8 Å². The van der Waals surface area contributed by atoms with E-state index >= 15 is 0 Å². The molecule has 1 N–H and O–H groups in total. The highest BCUT2D eigenvalue weighted by molar-refractivity contribution is 7.88. The highest BCUT2D eigenvalue weighted by Crippen LogP contribution is 2.36. The monoisotopic (exact) mass is 512 g/mol. The molecule has 1 aliphatic rings. The predicted octanol–water partition coefficient (Wildman–Crippen LogP) is 5.33. The second-order valence-corrected chi connectivity index (χ2v) is 10.1. The van der Waals surface area contributed by atoms with Crippen LogP contribution in [0.2, 0.25) is 10.0 Å². The third-order valence-electron chi connectivity index (χ3n) is 5.15. The molecule has 1 heterocycles. The quantitative estimate of drug-likeness (QED) is 0.550. The molecule has 0 radical (unpaired) electrons. The van der Waals surface area contributed by atoms with Crippen molar-refractivity contribution >= 4 is 44.8 Å². The Hall–Kier alpha value is -1.88. The van der Waals surface area contributed by atoms with Crippen LogP contribution in [-0.4, -0.2) is 31.7 Å². The zero-order valence-corrected chi connectivity index (χ0v) is 18.8. The van der Waals surface area contributed by atoms with Crippen LogP contribution in [0.4, 0.5) is 23.2 Å². The first-order valence-electron chi connectivity index (χ1n) is 9.47. The summed E-state index contributed by atoms with van der Waals surface area (Å²) in [4.78, 5) is 12.5. The predicted molar refractivity (Wildman–Crippen MR) is 113 cm³/mol. The van der Waals surface area contributed by atoms with E-state index in [4.69, 9.17) is 23.2 Å². The van der Waals surface area contributed by atoms with Gasteiger partial charge in [-0.2, -0.15) is 13.2 Å². The lowest BCUT2D eigenvalue weighted by Crippen LogP contribution is -2.42. The van der Waals surface area contributed by atoms with Crippen molar-refractivity contribution < 1.29 is 30.8 Å². The number of alkyl halides is 3. The van der Waals surface area contributed by atoms with Gasteiger partial charge < -0.3 is 5.32 Å². The first-order chi connectivity index (χ1) is 14.9. The molecule has 3 rings (SSSR count). The summed E-state index contributed by atoms with van der Waals surface area (Å²) >= 11 is 11.5. The van der Waals surface area contributed by atoms with Gasteiger partial charge in [-0.05, 0) is 43.2 Å². The van der Waals surface area contributed by atoms with Gasteiger partial charge >= 0.3 is 6.18 Å². The van der Waals surface area contributed by atoms with Crippen LogP contribution in [0.15, 0.2) is 36.4 Å². The molecule has 1 saturated heterocycles. The molecule has 5 nitrogen and oxygen atoms in total. The summed E-state index contributed by atoms with van der Waals surface area (Å²) in [6.07, 6.45) is -4.34. The standard InChI is InChI=1S/C20H18Cl2F4N2O3S/c21-16-2-1-3-18(23)14(16)11-32(30,31)28-8-6-12(7-9-28)19(29)27-13-4-5-17(22)15(10-13)20(24,25)26/h1-5,10,12H,6-9,11H2,(H,27,29). The lowest BCUT2D eigenvalue weighted by molar-refractivity contribution is -0.137. The Kier molecular flexibility index (Phi) is 7.38. The minimum Gasteiger partial charge on any atom is -0.326 e. The third kappa shape index (κ3) is 5.72. The topological polar surface area (TPSA) is 66.5 Å². The molecule has 2 aromatic carbocycles.